The van der Waals surface area contributed by atoms with Crippen LogP contribution in [0, 0.1) is 0 Å². The van der Waals surface area contributed by atoms with E-state index in [0.717, 1.165) is 15.7 Å². The second-order valence-electron chi connectivity index (χ2n) is 7.81. The number of nitrogens with one attached hydrogen (secondary N) is 2. The van der Waals surface area contributed by atoms with Crippen molar-refractivity contribution in [3.8, 4) is 0 Å². The Morgan fingerprint density at radius 3 is 2.42 bits per heavy atom. The fourth-order valence-electron chi connectivity index (χ4n) is 3.14. The van der Waals surface area contributed by atoms with Crippen LogP contribution in [0.5, 0.6) is 0 Å². The van der Waals surface area contributed by atoms with Crippen LogP contribution in [0.1, 0.15) is 33.3 Å². The van der Waals surface area contributed by atoms with Crippen LogP contribution in [-0.4, -0.2) is 34.8 Å². The summed E-state index contributed by atoms with van der Waals surface area (Å²) in [5.74, 6) is -0.800. The van der Waals surface area contributed by atoms with Gasteiger partial charge in [-0.3, -0.25) is 14.5 Å². The number of amides is 4. The van der Waals surface area contributed by atoms with Crippen molar-refractivity contribution >= 4 is 28.6 Å². The minimum atomic E-state index is -1.19. The molecule has 4 amide bonds. The number of urea groups is 1. The van der Waals surface area contributed by atoms with Gasteiger partial charge in [0.25, 0.3) is 5.91 Å². The normalized spacial score (nSPS) is 20.4. The van der Waals surface area contributed by atoms with Crippen molar-refractivity contribution in [1.29, 1.82) is 0 Å². The van der Waals surface area contributed by atoms with Gasteiger partial charge in [0.2, 0.25) is 5.91 Å². The summed E-state index contributed by atoms with van der Waals surface area (Å²) in [6.07, 6.45) is 0. The zero-order valence-electron chi connectivity index (χ0n) is 15.4. The minimum absolute atomic E-state index is 0.300. The number of benzene rings is 2. The van der Waals surface area contributed by atoms with Crippen molar-refractivity contribution in [3.05, 3.63) is 48.0 Å². The highest BCUT2D eigenvalue weighted by Crippen LogP contribution is 2.30. The lowest BCUT2D eigenvalue weighted by Gasteiger charge is -2.24. The smallest absolute Gasteiger partial charge is 0.325 e. The van der Waals surface area contributed by atoms with E-state index in [0.29, 0.717) is 5.56 Å². The maximum atomic E-state index is 12.9. The first-order valence-corrected chi connectivity index (χ1v) is 8.54. The Balaban J connectivity index is 1.87. The van der Waals surface area contributed by atoms with Crippen molar-refractivity contribution in [2.75, 3.05) is 6.54 Å². The van der Waals surface area contributed by atoms with E-state index in [-0.39, 0.29) is 12.5 Å². The van der Waals surface area contributed by atoms with Crippen LogP contribution < -0.4 is 10.6 Å². The van der Waals surface area contributed by atoms with Crippen LogP contribution in [0.4, 0.5) is 4.79 Å². The Morgan fingerprint density at radius 1 is 1.12 bits per heavy atom. The Kier molecular flexibility index (Phi) is 4.22. The standard InChI is InChI=1S/C20H23N3O3/c1-19(2,3)21-16(24)12-23-17(25)20(4,22-18(23)26)15-10-9-13-7-5-6-8-14(13)11-15/h5-11H,12H2,1-4H3,(H,21,24)(H,22,26)/t20-/m0/s1. The molecule has 0 saturated carbocycles. The SMILES string of the molecule is CC(C)(C)NC(=O)CN1C(=O)N[C@@](C)(c2ccc3ccccc3c2)C1=O. The van der Waals surface area contributed by atoms with E-state index in [1.807, 2.05) is 63.2 Å². The summed E-state index contributed by atoms with van der Waals surface area (Å²) in [5.41, 5.74) is -0.936. The largest absolute Gasteiger partial charge is 0.350 e. The first-order chi connectivity index (χ1) is 12.1. The molecule has 1 aliphatic heterocycles. The summed E-state index contributed by atoms with van der Waals surface area (Å²) < 4.78 is 0. The number of imide groups is 1. The van der Waals surface area contributed by atoms with Crippen LogP contribution in [0.25, 0.3) is 10.8 Å². The van der Waals surface area contributed by atoms with Crippen LogP contribution in [-0.2, 0) is 15.1 Å². The second kappa shape index (κ2) is 6.12. The lowest BCUT2D eigenvalue weighted by Crippen LogP contribution is -2.48. The molecule has 1 atom stereocenters. The highest BCUT2D eigenvalue weighted by Gasteiger charge is 2.49. The van der Waals surface area contributed by atoms with Crippen molar-refractivity contribution in [2.24, 2.45) is 0 Å². The minimum Gasteiger partial charge on any atom is -0.350 e. The maximum Gasteiger partial charge on any atom is 0.325 e. The van der Waals surface area contributed by atoms with Gasteiger partial charge in [0.1, 0.15) is 12.1 Å². The number of carbonyl (C=O) groups excluding carboxylic acids is 3. The van der Waals surface area contributed by atoms with Gasteiger partial charge in [0.05, 0.1) is 0 Å². The highest BCUT2D eigenvalue weighted by atomic mass is 16.2. The third-order valence-corrected chi connectivity index (χ3v) is 4.42. The Bertz CT molecular complexity index is 901. The summed E-state index contributed by atoms with van der Waals surface area (Å²) >= 11 is 0. The molecule has 3 rings (SSSR count). The summed E-state index contributed by atoms with van der Waals surface area (Å²) in [5, 5.41) is 7.54. The predicted octanol–water partition coefficient (Wildman–Crippen LogP) is 2.52. The fraction of sp³-hybridized carbons (Fsp3) is 0.350. The predicted molar refractivity (Wildman–Crippen MR) is 99.4 cm³/mol. The van der Waals surface area contributed by atoms with Crippen LogP contribution in [0.3, 0.4) is 0 Å². The molecule has 6 nitrogen and oxygen atoms in total. The number of hydrogen-bond donors (Lipinski definition) is 2. The number of rotatable bonds is 3. The first-order valence-electron chi connectivity index (χ1n) is 8.54. The molecular weight excluding hydrogens is 330 g/mol. The van der Waals surface area contributed by atoms with E-state index in [4.69, 9.17) is 0 Å². The third-order valence-electron chi connectivity index (χ3n) is 4.42. The van der Waals surface area contributed by atoms with Gasteiger partial charge in [0.15, 0.2) is 0 Å². The Labute approximate surface area is 152 Å². The van der Waals surface area contributed by atoms with Gasteiger partial charge in [-0.25, -0.2) is 4.79 Å². The maximum absolute atomic E-state index is 12.9. The van der Waals surface area contributed by atoms with Crippen LogP contribution in [0.15, 0.2) is 42.5 Å². The first kappa shape index (κ1) is 17.9. The number of fused-ring (bicyclic) bond motifs is 1. The summed E-state index contributed by atoms with van der Waals surface area (Å²) in [6.45, 7) is 6.89. The molecular formula is C20H23N3O3. The topological polar surface area (TPSA) is 78.5 Å². The molecule has 2 aromatic carbocycles. The highest BCUT2D eigenvalue weighted by molar-refractivity contribution is 6.09. The van der Waals surface area contributed by atoms with Crippen molar-refractivity contribution < 1.29 is 14.4 Å². The Hall–Kier alpha value is -2.89. The number of hydrogen-bond acceptors (Lipinski definition) is 3. The van der Waals surface area contributed by atoms with E-state index in [9.17, 15) is 14.4 Å². The summed E-state index contributed by atoms with van der Waals surface area (Å²) in [6, 6.07) is 12.9. The second-order valence-corrected chi connectivity index (χ2v) is 7.81. The molecule has 26 heavy (non-hydrogen) atoms. The Morgan fingerprint density at radius 2 is 1.77 bits per heavy atom. The molecule has 1 heterocycles. The lowest BCUT2D eigenvalue weighted by atomic mass is 9.90. The molecule has 1 aliphatic rings. The van der Waals surface area contributed by atoms with E-state index in [1.54, 1.807) is 6.92 Å². The average molecular weight is 353 g/mol. The van der Waals surface area contributed by atoms with Crippen molar-refractivity contribution in [3.63, 3.8) is 0 Å². The molecule has 0 bridgehead atoms. The number of carbonyl (C=O) groups is 3. The molecule has 0 spiro atoms. The van der Waals surface area contributed by atoms with Gasteiger partial charge < -0.3 is 10.6 Å². The monoisotopic (exact) mass is 353 g/mol. The fourth-order valence-corrected chi connectivity index (χ4v) is 3.14. The van der Waals surface area contributed by atoms with Gasteiger partial charge in [0, 0.05) is 5.54 Å². The van der Waals surface area contributed by atoms with Crippen LogP contribution >= 0.6 is 0 Å². The molecule has 1 fully saturated rings. The molecule has 6 heteroatoms. The van der Waals surface area contributed by atoms with Gasteiger partial charge in [-0.2, -0.15) is 0 Å². The van der Waals surface area contributed by atoms with Crippen LogP contribution in [0.2, 0.25) is 0 Å². The molecule has 0 aromatic heterocycles. The quantitative estimate of drug-likeness (QED) is 0.832. The zero-order valence-corrected chi connectivity index (χ0v) is 15.4. The van der Waals surface area contributed by atoms with E-state index in [1.165, 1.54) is 0 Å². The molecule has 2 aromatic rings. The van der Waals surface area contributed by atoms with Gasteiger partial charge in [-0.1, -0.05) is 36.4 Å². The van der Waals surface area contributed by atoms with E-state index in [2.05, 4.69) is 10.6 Å². The summed E-state index contributed by atoms with van der Waals surface area (Å²) in [4.78, 5) is 38.4. The van der Waals surface area contributed by atoms with E-state index < -0.39 is 23.0 Å². The molecule has 136 valence electrons. The molecule has 2 N–H and O–H groups in total. The average Bonchev–Trinajstić information content (AvgIpc) is 2.77. The number of nitrogens with zero attached hydrogens (tertiary/aromatic N) is 1. The van der Waals surface area contributed by atoms with Gasteiger partial charge in [-0.15, -0.1) is 0 Å². The van der Waals surface area contributed by atoms with Crippen molar-refractivity contribution in [1.82, 2.24) is 15.5 Å². The third kappa shape index (κ3) is 3.27. The summed E-state index contributed by atoms with van der Waals surface area (Å²) in [7, 11) is 0. The van der Waals surface area contributed by atoms with E-state index >= 15 is 0 Å². The lowest BCUT2D eigenvalue weighted by molar-refractivity contribution is -0.135. The molecule has 0 unspecified atom stereocenters. The zero-order chi connectivity index (χ0) is 19.1. The van der Waals surface area contributed by atoms with Gasteiger partial charge >= 0.3 is 6.03 Å². The van der Waals surface area contributed by atoms with Crippen molar-refractivity contribution in [2.45, 2.75) is 38.8 Å². The molecule has 0 radical (unpaired) electrons. The van der Waals surface area contributed by atoms with Gasteiger partial charge in [-0.05, 0) is 50.1 Å². The molecule has 1 saturated heterocycles. The molecule has 0 aliphatic carbocycles.